The largest absolute Gasteiger partial charge is 0.389 e. The molecule has 2 N–H and O–H groups in total. The monoisotopic (exact) mass is 294 g/mol. The van der Waals surface area contributed by atoms with Crippen LogP contribution in [0, 0.1) is 11.8 Å². The Morgan fingerprint density at radius 2 is 2.10 bits per heavy atom. The quantitative estimate of drug-likeness (QED) is 0.732. The van der Waals surface area contributed by atoms with E-state index in [-0.39, 0.29) is 5.41 Å². The second-order valence-corrected chi connectivity index (χ2v) is 7.61. The molecule has 1 heterocycles. The summed E-state index contributed by atoms with van der Waals surface area (Å²) >= 11 is 1.45. The van der Waals surface area contributed by atoms with E-state index >= 15 is 0 Å². The zero-order chi connectivity index (χ0) is 14.6. The first kappa shape index (κ1) is 15.8. The molecular weight excluding hydrogens is 264 g/mol. The summed E-state index contributed by atoms with van der Waals surface area (Å²) in [7, 11) is 0. The summed E-state index contributed by atoms with van der Waals surface area (Å²) in [4.78, 5) is 0. The number of hydrogen-bond acceptors (Lipinski definition) is 3. The Kier molecular flexibility index (Phi) is 5.48. The normalized spacial score (nSPS) is 23.4. The third-order valence-electron chi connectivity index (χ3n) is 5.50. The van der Waals surface area contributed by atoms with Crippen LogP contribution in [-0.2, 0) is 5.41 Å². The minimum atomic E-state index is 0.262. The molecule has 2 rings (SSSR count). The Bertz CT molecular complexity index is 409. The van der Waals surface area contributed by atoms with Crippen molar-refractivity contribution in [1.29, 1.82) is 0 Å². The third kappa shape index (κ3) is 3.55. The zero-order valence-electron chi connectivity index (χ0n) is 13.3. The van der Waals surface area contributed by atoms with Crippen LogP contribution in [0.2, 0.25) is 0 Å². The highest BCUT2D eigenvalue weighted by Gasteiger charge is 2.31. The number of aromatic nitrogens is 1. The molecule has 0 radical (unpaired) electrons. The number of rotatable bonds is 7. The molecule has 1 aliphatic rings. The van der Waals surface area contributed by atoms with Crippen molar-refractivity contribution in [1.82, 2.24) is 4.37 Å². The first-order chi connectivity index (χ1) is 9.59. The first-order valence-electron chi connectivity index (χ1n) is 8.32. The fourth-order valence-corrected chi connectivity index (χ4v) is 4.56. The molecule has 0 amide bonds. The smallest absolute Gasteiger partial charge is 0.107 e. The van der Waals surface area contributed by atoms with Gasteiger partial charge in [0.05, 0.1) is 5.69 Å². The summed E-state index contributed by atoms with van der Waals surface area (Å²) in [5.74, 6) is 1.94. The molecular formula is C17H30N2S. The molecule has 0 bridgehead atoms. The van der Waals surface area contributed by atoms with Crippen LogP contribution in [0.25, 0.3) is 0 Å². The highest BCUT2D eigenvalue weighted by Crippen LogP contribution is 2.40. The van der Waals surface area contributed by atoms with Gasteiger partial charge in [-0.05, 0) is 55.1 Å². The predicted molar refractivity (Wildman–Crippen MR) is 89.1 cm³/mol. The van der Waals surface area contributed by atoms with Crippen molar-refractivity contribution in [3.05, 3.63) is 11.8 Å². The van der Waals surface area contributed by atoms with Crippen molar-refractivity contribution in [3.8, 4) is 0 Å². The Morgan fingerprint density at radius 1 is 1.35 bits per heavy atom. The van der Waals surface area contributed by atoms with Gasteiger partial charge in [-0.3, -0.25) is 0 Å². The number of nitrogen functional groups attached to an aromatic ring is 1. The molecule has 1 aromatic rings. The lowest BCUT2D eigenvalue weighted by atomic mass is 9.74. The summed E-state index contributed by atoms with van der Waals surface area (Å²) in [5, 5.41) is 0.857. The second-order valence-electron chi connectivity index (χ2n) is 6.78. The van der Waals surface area contributed by atoms with Gasteiger partial charge in [-0.1, -0.05) is 46.5 Å². The Morgan fingerprint density at radius 3 is 2.60 bits per heavy atom. The number of anilines is 1. The number of hydrogen-bond donors (Lipinski definition) is 1. The van der Waals surface area contributed by atoms with Gasteiger partial charge in [-0.15, -0.1) is 0 Å². The fraction of sp³-hybridized carbons (Fsp3) is 0.824. The fourth-order valence-electron chi connectivity index (χ4n) is 3.95. The van der Waals surface area contributed by atoms with Crippen molar-refractivity contribution in [2.24, 2.45) is 11.8 Å². The minimum absolute atomic E-state index is 0.262. The summed E-state index contributed by atoms with van der Waals surface area (Å²) in [6, 6.07) is 2.11. The van der Waals surface area contributed by atoms with Crippen LogP contribution in [0.15, 0.2) is 6.07 Å². The van der Waals surface area contributed by atoms with Gasteiger partial charge in [-0.2, -0.15) is 4.37 Å². The van der Waals surface area contributed by atoms with Gasteiger partial charge in [0.25, 0.3) is 0 Å². The van der Waals surface area contributed by atoms with E-state index in [4.69, 9.17) is 5.73 Å². The van der Waals surface area contributed by atoms with Gasteiger partial charge in [0.1, 0.15) is 5.00 Å². The summed E-state index contributed by atoms with van der Waals surface area (Å²) < 4.78 is 4.61. The van der Waals surface area contributed by atoms with E-state index in [0.29, 0.717) is 0 Å². The van der Waals surface area contributed by atoms with Gasteiger partial charge >= 0.3 is 0 Å². The summed E-state index contributed by atoms with van der Waals surface area (Å²) in [5.41, 5.74) is 7.39. The van der Waals surface area contributed by atoms with E-state index < -0.39 is 0 Å². The molecule has 0 aromatic carbocycles. The maximum Gasteiger partial charge on any atom is 0.107 e. The van der Waals surface area contributed by atoms with Crippen molar-refractivity contribution < 1.29 is 0 Å². The van der Waals surface area contributed by atoms with Crippen LogP contribution in [0.5, 0.6) is 0 Å². The van der Waals surface area contributed by atoms with Gasteiger partial charge in [0.15, 0.2) is 0 Å². The van der Waals surface area contributed by atoms with E-state index in [1.54, 1.807) is 0 Å². The lowest BCUT2D eigenvalue weighted by Crippen LogP contribution is -2.25. The topological polar surface area (TPSA) is 38.9 Å². The highest BCUT2D eigenvalue weighted by molar-refractivity contribution is 7.10. The van der Waals surface area contributed by atoms with E-state index in [2.05, 4.69) is 31.2 Å². The van der Waals surface area contributed by atoms with Crippen molar-refractivity contribution in [2.75, 3.05) is 5.73 Å². The van der Waals surface area contributed by atoms with Crippen molar-refractivity contribution in [3.63, 3.8) is 0 Å². The van der Waals surface area contributed by atoms with E-state index in [1.807, 2.05) is 0 Å². The Labute approximate surface area is 128 Å². The maximum atomic E-state index is 5.88. The van der Waals surface area contributed by atoms with E-state index in [0.717, 1.165) is 16.8 Å². The average molecular weight is 295 g/mol. The van der Waals surface area contributed by atoms with Gasteiger partial charge in [0.2, 0.25) is 0 Å². The van der Waals surface area contributed by atoms with Crippen molar-refractivity contribution >= 4 is 16.5 Å². The van der Waals surface area contributed by atoms with Crippen molar-refractivity contribution in [2.45, 2.75) is 77.6 Å². The van der Waals surface area contributed by atoms with Crippen LogP contribution in [0.3, 0.4) is 0 Å². The SMILES string of the molecule is CCC(CC)(CCCC1CCC(C)C1)c1cc(N)sn1. The molecule has 2 atom stereocenters. The first-order valence-corrected chi connectivity index (χ1v) is 9.09. The predicted octanol–water partition coefficient (Wildman–Crippen LogP) is 5.39. The summed E-state index contributed by atoms with van der Waals surface area (Å²) in [6.07, 6.45) is 10.7. The molecule has 0 aliphatic heterocycles. The minimum Gasteiger partial charge on any atom is -0.389 e. The van der Waals surface area contributed by atoms with Gasteiger partial charge in [0, 0.05) is 5.41 Å². The Hall–Kier alpha value is -0.570. The van der Waals surface area contributed by atoms with Crippen LogP contribution in [0.1, 0.15) is 77.8 Å². The van der Waals surface area contributed by atoms with Crippen LogP contribution in [-0.4, -0.2) is 4.37 Å². The molecule has 0 saturated heterocycles. The lowest BCUT2D eigenvalue weighted by molar-refractivity contribution is 0.326. The standard InChI is InChI=1S/C17H30N2S/c1-4-17(5-2,15-12-16(18)20-19-15)10-6-7-14-9-8-13(3)11-14/h12-14H,4-11,18H2,1-3H3. The van der Waals surface area contributed by atoms with Crippen LogP contribution >= 0.6 is 11.5 Å². The average Bonchev–Trinajstić information content (AvgIpc) is 3.04. The molecule has 0 spiro atoms. The molecule has 1 fully saturated rings. The Balaban J connectivity index is 1.92. The number of nitrogens with two attached hydrogens (primary N) is 1. The molecule has 1 saturated carbocycles. The van der Waals surface area contributed by atoms with Crippen LogP contribution in [0.4, 0.5) is 5.00 Å². The second kappa shape index (κ2) is 6.93. The molecule has 20 heavy (non-hydrogen) atoms. The zero-order valence-corrected chi connectivity index (χ0v) is 14.1. The third-order valence-corrected chi connectivity index (χ3v) is 6.11. The maximum absolute atomic E-state index is 5.88. The van der Waals surface area contributed by atoms with Gasteiger partial charge < -0.3 is 5.73 Å². The lowest BCUT2D eigenvalue weighted by Gasteiger charge is -2.30. The van der Waals surface area contributed by atoms with E-state index in [9.17, 15) is 0 Å². The molecule has 1 aromatic heterocycles. The highest BCUT2D eigenvalue weighted by atomic mass is 32.1. The molecule has 2 nitrogen and oxygen atoms in total. The number of nitrogens with zero attached hydrogens (tertiary/aromatic N) is 1. The molecule has 3 heteroatoms. The molecule has 2 unspecified atom stereocenters. The van der Waals surface area contributed by atoms with E-state index in [1.165, 1.54) is 68.6 Å². The van der Waals surface area contributed by atoms with Gasteiger partial charge in [-0.25, -0.2) is 0 Å². The van der Waals surface area contributed by atoms with Crippen LogP contribution < -0.4 is 5.73 Å². The summed E-state index contributed by atoms with van der Waals surface area (Å²) in [6.45, 7) is 7.01. The molecule has 1 aliphatic carbocycles. The molecule has 114 valence electrons.